The van der Waals surface area contributed by atoms with Crippen molar-refractivity contribution < 1.29 is 37.8 Å². The number of nitrogens with one attached hydrogen (secondary N) is 1. The van der Waals surface area contributed by atoms with E-state index in [0.29, 0.717) is 38.4 Å². The van der Waals surface area contributed by atoms with Gasteiger partial charge in [0.2, 0.25) is 11.7 Å². The summed E-state index contributed by atoms with van der Waals surface area (Å²) in [7, 11) is 5.11. The van der Waals surface area contributed by atoms with Crippen LogP contribution in [-0.4, -0.2) is 107 Å². The third-order valence-corrected chi connectivity index (χ3v) is 6.95. The van der Waals surface area contributed by atoms with Gasteiger partial charge in [0, 0.05) is 44.5 Å². The first-order chi connectivity index (χ1) is 21.4. The average molecular weight is 646 g/mol. The lowest BCUT2D eigenvalue weighted by Gasteiger charge is -2.35. The molecule has 0 spiro atoms. The molecule has 13 nitrogen and oxygen atoms in total. The van der Waals surface area contributed by atoms with Crippen molar-refractivity contribution in [2.75, 3.05) is 58.7 Å². The van der Waals surface area contributed by atoms with E-state index in [2.05, 4.69) is 10.3 Å². The first-order valence-corrected chi connectivity index (χ1v) is 13.7. The maximum absolute atomic E-state index is 14.7. The number of halogens is 3. The van der Waals surface area contributed by atoms with Gasteiger partial charge in [0.25, 0.3) is 18.3 Å². The summed E-state index contributed by atoms with van der Waals surface area (Å²) < 4.78 is 35.3. The number of hydrogen-bond acceptors (Lipinski definition) is 8. The van der Waals surface area contributed by atoms with Crippen LogP contribution < -0.4 is 10.1 Å². The van der Waals surface area contributed by atoms with Gasteiger partial charge in [-0.15, -0.1) is 0 Å². The topological polar surface area (TPSA) is 161 Å². The molecule has 1 fully saturated rings. The lowest BCUT2D eigenvalue weighted by Crippen LogP contribution is -2.52. The van der Waals surface area contributed by atoms with E-state index in [1.54, 1.807) is 20.8 Å². The highest BCUT2D eigenvalue weighted by atomic mass is 35.5. The summed E-state index contributed by atoms with van der Waals surface area (Å²) in [5.41, 5.74) is 0.522. The standard InChI is InChI=1S/C28H28ClF2N7O4.CH2O2/c1-35(2)16-23(39)37-9-11-38(12-10-37)28(41)18-5-4-17(14-20(18)29)34-27(40)26-33-15-21(36(26)3)19-6-7-22(42-13-8-32)25(31)24(19)30;2-1-3/h4-7,14-15H,9-13,16H2,1-3H3,(H,34,40);1H,(H,2,3). The van der Waals surface area contributed by atoms with Crippen LogP contribution in [0.25, 0.3) is 11.3 Å². The van der Waals surface area contributed by atoms with Gasteiger partial charge in [-0.3, -0.25) is 19.2 Å². The predicted molar refractivity (Wildman–Crippen MR) is 159 cm³/mol. The highest BCUT2D eigenvalue weighted by Crippen LogP contribution is 2.30. The molecule has 2 aromatic carbocycles. The summed E-state index contributed by atoms with van der Waals surface area (Å²) in [6.07, 6.45) is 1.23. The molecule has 0 atom stereocenters. The van der Waals surface area contributed by atoms with Gasteiger partial charge in [0.1, 0.15) is 6.07 Å². The van der Waals surface area contributed by atoms with Gasteiger partial charge < -0.3 is 34.4 Å². The highest BCUT2D eigenvalue weighted by Gasteiger charge is 2.27. The monoisotopic (exact) mass is 645 g/mol. The zero-order chi connectivity index (χ0) is 33.3. The maximum atomic E-state index is 14.7. The summed E-state index contributed by atoms with van der Waals surface area (Å²) in [5, 5.41) is 18.2. The van der Waals surface area contributed by atoms with Crippen LogP contribution in [0.5, 0.6) is 5.75 Å². The largest absolute Gasteiger partial charge is 0.483 e. The van der Waals surface area contributed by atoms with Gasteiger partial charge in [0.15, 0.2) is 24.0 Å². The molecule has 0 radical (unpaired) electrons. The molecule has 16 heteroatoms. The highest BCUT2D eigenvalue weighted by molar-refractivity contribution is 6.34. The summed E-state index contributed by atoms with van der Waals surface area (Å²) >= 11 is 6.41. The number of amides is 3. The zero-order valence-electron chi connectivity index (χ0n) is 24.6. The average Bonchev–Trinajstić information content (AvgIpc) is 3.38. The molecule has 2 N–H and O–H groups in total. The molecule has 1 aromatic heterocycles. The van der Waals surface area contributed by atoms with E-state index in [-0.39, 0.29) is 46.0 Å². The normalized spacial score (nSPS) is 12.6. The Hall–Kier alpha value is -5.07. The number of carbonyl (C=O) groups is 4. The molecule has 3 amide bonds. The van der Waals surface area contributed by atoms with Crippen molar-refractivity contribution in [3.63, 3.8) is 0 Å². The van der Waals surface area contributed by atoms with E-state index in [1.807, 2.05) is 14.1 Å². The molecule has 3 aromatic rings. The van der Waals surface area contributed by atoms with Crippen molar-refractivity contribution in [3.8, 4) is 23.1 Å². The van der Waals surface area contributed by atoms with Crippen LogP contribution in [0.4, 0.5) is 14.5 Å². The molecule has 1 aliphatic heterocycles. The Labute approximate surface area is 262 Å². The number of nitrogens with zero attached hydrogens (tertiary/aromatic N) is 6. The lowest BCUT2D eigenvalue weighted by atomic mass is 10.1. The summed E-state index contributed by atoms with van der Waals surface area (Å²) in [5.74, 6) is -3.91. The van der Waals surface area contributed by atoms with Crippen LogP contribution in [0.2, 0.25) is 5.02 Å². The van der Waals surface area contributed by atoms with Crippen molar-refractivity contribution in [2.45, 2.75) is 0 Å². The van der Waals surface area contributed by atoms with Crippen molar-refractivity contribution >= 4 is 41.5 Å². The van der Waals surface area contributed by atoms with E-state index in [9.17, 15) is 23.2 Å². The zero-order valence-corrected chi connectivity index (χ0v) is 25.3. The van der Waals surface area contributed by atoms with Gasteiger partial charge >= 0.3 is 0 Å². The minimum absolute atomic E-state index is 0.00174. The second-order valence-corrected chi connectivity index (χ2v) is 10.3. The Kier molecular flexibility index (Phi) is 11.9. The number of carbonyl (C=O) groups excluding carboxylic acids is 3. The number of anilines is 1. The molecule has 4 rings (SSSR count). The molecule has 0 aliphatic carbocycles. The Balaban J connectivity index is 0.00000177. The Morgan fingerprint density at radius 1 is 1.13 bits per heavy atom. The predicted octanol–water partition coefficient (Wildman–Crippen LogP) is 2.72. The van der Waals surface area contributed by atoms with Gasteiger partial charge in [-0.25, -0.2) is 9.37 Å². The number of rotatable bonds is 8. The molecule has 2 heterocycles. The lowest BCUT2D eigenvalue weighted by molar-refractivity contribution is -0.133. The van der Waals surface area contributed by atoms with Crippen molar-refractivity contribution in [1.82, 2.24) is 24.3 Å². The van der Waals surface area contributed by atoms with E-state index in [0.717, 1.165) is 0 Å². The fraction of sp³-hybridized carbons (Fsp3) is 0.310. The van der Waals surface area contributed by atoms with Gasteiger partial charge in [0.05, 0.1) is 29.0 Å². The minimum atomic E-state index is -1.26. The Morgan fingerprint density at radius 2 is 1.78 bits per heavy atom. The first-order valence-electron chi connectivity index (χ1n) is 13.3. The molecule has 0 unspecified atom stereocenters. The number of imidazole rings is 1. The number of ether oxygens (including phenoxy) is 1. The molecule has 0 saturated carbocycles. The second kappa shape index (κ2) is 15.6. The number of carboxylic acid groups (broad SMARTS) is 1. The van der Waals surface area contributed by atoms with E-state index in [4.69, 9.17) is 31.5 Å². The number of aromatic nitrogens is 2. The quantitative estimate of drug-likeness (QED) is 0.351. The number of nitriles is 1. The van der Waals surface area contributed by atoms with Crippen molar-refractivity contribution in [2.24, 2.45) is 7.05 Å². The van der Waals surface area contributed by atoms with Crippen molar-refractivity contribution in [3.05, 3.63) is 64.6 Å². The fourth-order valence-corrected chi connectivity index (χ4v) is 4.74. The first kappa shape index (κ1) is 34.4. The van der Waals surface area contributed by atoms with Crippen LogP contribution in [0.3, 0.4) is 0 Å². The maximum Gasteiger partial charge on any atom is 0.291 e. The molecule has 238 valence electrons. The molecule has 1 saturated heterocycles. The van der Waals surface area contributed by atoms with Crippen LogP contribution in [0.1, 0.15) is 21.0 Å². The van der Waals surface area contributed by atoms with E-state index >= 15 is 0 Å². The second-order valence-electron chi connectivity index (χ2n) is 9.88. The van der Waals surface area contributed by atoms with Crippen LogP contribution in [0.15, 0.2) is 36.5 Å². The molecular weight excluding hydrogens is 616 g/mol. The number of piperazine rings is 1. The third kappa shape index (κ3) is 8.31. The van der Waals surface area contributed by atoms with Gasteiger partial charge in [-0.05, 0) is 44.4 Å². The smallest absolute Gasteiger partial charge is 0.291 e. The summed E-state index contributed by atoms with van der Waals surface area (Å²) in [6, 6.07) is 8.59. The SMILES string of the molecule is CN(C)CC(=O)N1CCN(C(=O)c2ccc(NC(=O)c3ncc(-c4ccc(OCC#N)c(F)c4F)n3C)cc2Cl)CC1.O=CO. The molecule has 1 aliphatic rings. The van der Waals surface area contributed by atoms with Crippen LogP contribution in [0, 0.1) is 23.0 Å². The Bertz CT molecular complexity index is 1620. The van der Waals surface area contributed by atoms with Gasteiger partial charge in [-0.2, -0.15) is 9.65 Å². The number of benzene rings is 2. The molecule has 0 bridgehead atoms. The molecular formula is C29H30ClF2N7O6. The van der Waals surface area contributed by atoms with Crippen molar-refractivity contribution in [1.29, 1.82) is 5.26 Å². The number of likely N-dealkylation sites (N-methyl/N-ethyl adjacent to an activating group) is 1. The molecule has 45 heavy (non-hydrogen) atoms. The summed E-state index contributed by atoms with van der Waals surface area (Å²) in [6.45, 7) is 1.19. The van der Waals surface area contributed by atoms with Gasteiger partial charge in [-0.1, -0.05) is 11.6 Å². The number of hydrogen-bond donors (Lipinski definition) is 2. The van der Waals surface area contributed by atoms with E-state index in [1.165, 1.54) is 48.1 Å². The third-order valence-electron chi connectivity index (χ3n) is 6.63. The summed E-state index contributed by atoms with van der Waals surface area (Å²) in [4.78, 5) is 55.9. The Morgan fingerprint density at radius 3 is 2.38 bits per heavy atom. The fourth-order valence-electron chi connectivity index (χ4n) is 4.47. The van der Waals surface area contributed by atoms with Crippen LogP contribution in [-0.2, 0) is 16.6 Å². The van der Waals surface area contributed by atoms with E-state index < -0.39 is 29.9 Å². The van der Waals surface area contributed by atoms with Crippen LogP contribution >= 0.6 is 11.6 Å². The minimum Gasteiger partial charge on any atom is -0.483 e.